The maximum atomic E-state index is 5.11. The Balaban J connectivity index is 1.99. The fourth-order valence-corrected chi connectivity index (χ4v) is 3.61. The van der Waals surface area contributed by atoms with E-state index >= 15 is 0 Å². The predicted octanol–water partition coefficient (Wildman–Crippen LogP) is 5.54. The molecule has 0 saturated heterocycles. The van der Waals surface area contributed by atoms with E-state index in [9.17, 15) is 0 Å². The van der Waals surface area contributed by atoms with Crippen LogP contribution in [0.4, 0.5) is 0 Å². The number of thiazole rings is 1. The van der Waals surface area contributed by atoms with E-state index in [1.807, 2.05) is 13.0 Å². The lowest BCUT2D eigenvalue weighted by molar-refractivity contribution is 0.590. The maximum absolute atomic E-state index is 5.11. The molecule has 0 spiro atoms. The van der Waals surface area contributed by atoms with Gasteiger partial charge in [-0.3, -0.25) is 0 Å². The molecule has 3 nitrogen and oxygen atoms in total. The third kappa shape index (κ3) is 3.41. The van der Waals surface area contributed by atoms with Crippen LogP contribution in [-0.2, 0) is 5.41 Å². The molecular weight excluding hydrogens is 322 g/mol. The van der Waals surface area contributed by atoms with Crippen LogP contribution in [0.3, 0.4) is 0 Å². The molecule has 3 aromatic rings. The van der Waals surface area contributed by atoms with Gasteiger partial charge in [0.05, 0.1) is 16.3 Å². The highest BCUT2D eigenvalue weighted by Crippen LogP contribution is 2.34. The first-order valence-electron chi connectivity index (χ1n) is 7.48. The van der Waals surface area contributed by atoms with E-state index < -0.39 is 0 Å². The van der Waals surface area contributed by atoms with Crippen LogP contribution < -0.4 is 0 Å². The van der Waals surface area contributed by atoms with Crippen molar-refractivity contribution in [1.29, 1.82) is 0 Å². The van der Waals surface area contributed by atoms with Crippen molar-refractivity contribution in [2.45, 2.75) is 33.1 Å². The van der Waals surface area contributed by atoms with Gasteiger partial charge in [0.15, 0.2) is 4.77 Å². The standard InChI is InChI=1S/C18H19N3S2/c1-11-15(14-9-10-19-17(22)21-14)23-16(20-11)12-5-7-13(8-6-12)18(2,3)4/h5-10H,1-4H3,(H,19,21,22). The Morgan fingerprint density at radius 2 is 1.78 bits per heavy atom. The Hall–Kier alpha value is -1.85. The Labute approximate surface area is 145 Å². The summed E-state index contributed by atoms with van der Waals surface area (Å²) in [7, 11) is 0. The van der Waals surface area contributed by atoms with E-state index in [0.717, 1.165) is 26.8 Å². The minimum absolute atomic E-state index is 0.161. The van der Waals surface area contributed by atoms with E-state index in [1.165, 1.54) is 5.56 Å². The Morgan fingerprint density at radius 1 is 1.09 bits per heavy atom. The molecule has 118 valence electrons. The van der Waals surface area contributed by atoms with Crippen LogP contribution in [0.2, 0.25) is 0 Å². The van der Waals surface area contributed by atoms with Crippen molar-refractivity contribution >= 4 is 23.6 Å². The number of nitrogens with one attached hydrogen (secondary N) is 1. The van der Waals surface area contributed by atoms with Crippen molar-refractivity contribution in [2.75, 3.05) is 0 Å². The fraction of sp³-hybridized carbons (Fsp3) is 0.278. The molecule has 0 aliphatic rings. The molecule has 2 heterocycles. The van der Waals surface area contributed by atoms with E-state index in [1.54, 1.807) is 17.5 Å². The molecule has 2 aromatic heterocycles. The van der Waals surface area contributed by atoms with Crippen LogP contribution >= 0.6 is 23.6 Å². The third-order valence-electron chi connectivity index (χ3n) is 3.71. The SMILES string of the molecule is Cc1nc(-c2ccc(C(C)(C)C)cc2)sc1-c1ccnc(=S)[nH]1. The predicted molar refractivity (Wildman–Crippen MR) is 99.4 cm³/mol. The van der Waals surface area contributed by atoms with Gasteiger partial charge in [0.25, 0.3) is 0 Å². The Bertz CT molecular complexity index is 884. The van der Waals surface area contributed by atoms with Crippen LogP contribution in [0.5, 0.6) is 0 Å². The summed E-state index contributed by atoms with van der Waals surface area (Å²) < 4.78 is 0.492. The summed E-state index contributed by atoms with van der Waals surface area (Å²) in [5, 5.41) is 1.02. The van der Waals surface area contributed by atoms with Gasteiger partial charge in [-0.15, -0.1) is 11.3 Å². The van der Waals surface area contributed by atoms with E-state index in [2.05, 4.69) is 55.0 Å². The van der Waals surface area contributed by atoms with Gasteiger partial charge in [-0.1, -0.05) is 45.0 Å². The van der Waals surface area contributed by atoms with Crippen molar-refractivity contribution in [3.63, 3.8) is 0 Å². The first-order chi connectivity index (χ1) is 10.8. The first kappa shape index (κ1) is 16.0. The lowest BCUT2D eigenvalue weighted by atomic mass is 9.87. The molecule has 1 aromatic carbocycles. The number of aryl methyl sites for hydroxylation is 1. The topological polar surface area (TPSA) is 41.6 Å². The second-order valence-corrected chi connectivity index (χ2v) is 7.94. The highest BCUT2D eigenvalue weighted by Gasteiger charge is 2.15. The number of hydrogen-bond acceptors (Lipinski definition) is 4. The molecule has 0 unspecified atom stereocenters. The van der Waals surface area contributed by atoms with Crippen LogP contribution in [0.15, 0.2) is 36.5 Å². The number of aromatic nitrogens is 3. The Kier molecular flexibility index (Phi) is 4.17. The van der Waals surface area contributed by atoms with Crippen molar-refractivity contribution in [1.82, 2.24) is 15.0 Å². The summed E-state index contributed by atoms with van der Waals surface area (Å²) >= 11 is 6.78. The van der Waals surface area contributed by atoms with Gasteiger partial charge < -0.3 is 4.98 Å². The molecule has 3 rings (SSSR count). The summed E-state index contributed by atoms with van der Waals surface area (Å²) in [4.78, 5) is 13.0. The number of benzene rings is 1. The molecule has 0 amide bonds. The zero-order valence-electron chi connectivity index (χ0n) is 13.7. The van der Waals surface area contributed by atoms with Crippen molar-refractivity contribution in [3.8, 4) is 21.1 Å². The van der Waals surface area contributed by atoms with Crippen LogP contribution in [-0.4, -0.2) is 15.0 Å². The quantitative estimate of drug-likeness (QED) is 0.623. The van der Waals surface area contributed by atoms with E-state index in [-0.39, 0.29) is 5.41 Å². The molecule has 5 heteroatoms. The molecule has 1 N–H and O–H groups in total. The van der Waals surface area contributed by atoms with Gasteiger partial charge in [-0.2, -0.15) is 0 Å². The highest BCUT2D eigenvalue weighted by molar-refractivity contribution is 7.71. The van der Waals surface area contributed by atoms with Gasteiger partial charge in [0.1, 0.15) is 5.01 Å². The first-order valence-corrected chi connectivity index (χ1v) is 8.71. The van der Waals surface area contributed by atoms with E-state index in [0.29, 0.717) is 4.77 Å². The average molecular weight is 342 g/mol. The fourth-order valence-electron chi connectivity index (χ4n) is 2.38. The second-order valence-electron chi connectivity index (χ2n) is 6.55. The maximum Gasteiger partial charge on any atom is 0.197 e. The number of rotatable bonds is 2. The minimum Gasteiger partial charge on any atom is -0.330 e. The molecule has 23 heavy (non-hydrogen) atoms. The Morgan fingerprint density at radius 3 is 2.39 bits per heavy atom. The third-order valence-corrected chi connectivity index (χ3v) is 5.16. The van der Waals surface area contributed by atoms with E-state index in [4.69, 9.17) is 17.2 Å². The summed E-state index contributed by atoms with van der Waals surface area (Å²) in [6.07, 6.45) is 1.73. The largest absolute Gasteiger partial charge is 0.330 e. The summed E-state index contributed by atoms with van der Waals surface area (Å²) in [5.74, 6) is 0. The van der Waals surface area contributed by atoms with Crippen molar-refractivity contribution in [3.05, 3.63) is 52.6 Å². The highest BCUT2D eigenvalue weighted by atomic mass is 32.1. The van der Waals surface area contributed by atoms with Gasteiger partial charge in [-0.05, 0) is 36.2 Å². The summed E-state index contributed by atoms with van der Waals surface area (Å²) in [6.45, 7) is 8.69. The summed E-state index contributed by atoms with van der Waals surface area (Å²) in [5.41, 5.74) is 4.60. The molecule has 0 saturated carbocycles. The van der Waals surface area contributed by atoms with Crippen LogP contribution in [0.25, 0.3) is 21.1 Å². The van der Waals surface area contributed by atoms with Gasteiger partial charge >= 0.3 is 0 Å². The average Bonchev–Trinajstić information content (AvgIpc) is 2.88. The monoisotopic (exact) mass is 341 g/mol. The second kappa shape index (κ2) is 5.98. The molecule has 0 aliphatic carbocycles. The minimum atomic E-state index is 0.161. The zero-order chi connectivity index (χ0) is 16.6. The molecule has 0 bridgehead atoms. The number of nitrogens with zero attached hydrogens (tertiary/aromatic N) is 2. The van der Waals surface area contributed by atoms with Gasteiger partial charge in [0.2, 0.25) is 0 Å². The number of H-pyrrole nitrogens is 1. The van der Waals surface area contributed by atoms with Crippen LogP contribution in [0.1, 0.15) is 32.0 Å². The summed E-state index contributed by atoms with van der Waals surface area (Å²) in [6, 6.07) is 10.6. The van der Waals surface area contributed by atoms with Crippen molar-refractivity contribution < 1.29 is 0 Å². The molecule has 0 fully saturated rings. The van der Waals surface area contributed by atoms with Gasteiger partial charge in [-0.25, -0.2) is 9.97 Å². The lowest BCUT2D eigenvalue weighted by Gasteiger charge is -2.18. The number of hydrogen-bond donors (Lipinski definition) is 1. The molecule has 0 radical (unpaired) electrons. The van der Waals surface area contributed by atoms with Gasteiger partial charge in [0, 0.05) is 11.8 Å². The molecular formula is C18H19N3S2. The molecule has 0 atom stereocenters. The smallest absolute Gasteiger partial charge is 0.197 e. The van der Waals surface area contributed by atoms with Crippen LogP contribution in [0, 0.1) is 11.7 Å². The zero-order valence-corrected chi connectivity index (χ0v) is 15.3. The molecule has 0 aliphatic heterocycles. The lowest BCUT2D eigenvalue weighted by Crippen LogP contribution is -2.10. The normalized spacial score (nSPS) is 11.7. The number of aromatic amines is 1. The van der Waals surface area contributed by atoms with Crippen molar-refractivity contribution in [2.24, 2.45) is 0 Å².